The summed E-state index contributed by atoms with van der Waals surface area (Å²) in [4.78, 5) is 26.3. The Morgan fingerprint density at radius 2 is 1.62 bits per heavy atom. The number of likely N-dealkylation sites (tertiary alicyclic amines) is 1. The van der Waals surface area contributed by atoms with Crippen molar-refractivity contribution in [3.8, 4) is 0 Å². The molecule has 2 aromatic rings. The number of nitrogens with one attached hydrogen (secondary N) is 1. The zero-order valence-corrected chi connectivity index (χ0v) is 15.2. The lowest BCUT2D eigenvalue weighted by Crippen LogP contribution is -2.30. The largest absolute Gasteiger partial charge is 0.338 e. The lowest BCUT2D eigenvalue weighted by molar-refractivity contribution is 0.0790. The lowest BCUT2D eigenvalue weighted by Gasteiger charge is -2.17. The molecule has 1 atom stereocenters. The van der Waals surface area contributed by atoms with Gasteiger partial charge < -0.3 is 4.90 Å². The van der Waals surface area contributed by atoms with Crippen LogP contribution < -0.4 is 4.72 Å². The van der Waals surface area contributed by atoms with Gasteiger partial charge in [0.15, 0.2) is 0 Å². The van der Waals surface area contributed by atoms with E-state index in [1.807, 2.05) is 27.8 Å². The summed E-state index contributed by atoms with van der Waals surface area (Å²) >= 11 is 0. The Morgan fingerprint density at radius 3 is 2.23 bits per heavy atom. The van der Waals surface area contributed by atoms with Crippen LogP contribution in [-0.2, 0) is 10.0 Å². The molecule has 1 N–H and O–H groups in total. The van der Waals surface area contributed by atoms with Crippen LogP contribution in [0.4, 0.5) is 0 Å². The van der Waals surface area contributed by atoms with Gasteiger partial charge in [-0.1, -0.05) is 30.3 Å². The van der Waals surface area contributed by atoms with Gasteiger partial charge in [0, 0.05) is 30.1 Å². The highest BCUT2D eigenvalue weighted by Crippen LogP contribution is 2.28. The Labute approximate surface area is 152 Å². The Bertz CT molecular complexity index is 908. The maximum Gasteiger partial charge on any atom is 0.264 e. The van der Waals surface area contributed by atoms with Gasteiger partial charge in [-0.15, -0.1) is 0 Å². The van der Waals surface area contributed by atoms with Gasteiger partial charge in [0.1, 0.15) is 0 Å². The van der Waals surface area contributed by atoms with Gasteiger partial charge in [-0.3, -0.25) is 9.59 Å². The van der Waals surface area contributed by atoms with Crippen LogP contribution in [0.15, 0.2) is 54.6 Å². The second-order valence-electron chi connectivity index (χ2n) is 6.43. The predicted molar refractivity (Wildman–Crippen MR) is 98.5 cm³/mol. The predicted octanol–water partition coefficient (Wildman–Crippen LogP) is 2.01. The van der Waals surface area contributed by atoms with Gasteiger partial charge in [0.05, 0.1) is 6.26 Å². The van der Waals surface area contributed by atoms with Crippen molar-refractivity contribution in [2.24, 2.45) is 0 Å². The summed E-state index contributed by atoms with van der Waals surface area (Å²) in [5.74, 6) is -0.463. The third kappa shape index (κ3) is 4.29. The number of hydrogen-bond acceptors (Lipinski definition) is 4. The maximum atomic E-state index is 12.7. The van der Waals surface area contributed by atoms with E-state index in [0.717, 1.165) is 12.7 Å². The third-order valence-corrected chi connectivity index (χ3v) is 4.97. The van der Waals surface area contributed by atoms with Crippen LogP contribution >= 0.6 is 0 Å². The molecule has 7 heteroatoms. The van der Waals surface area contributed by atoms with Crippen molar-refractivity contribution in [3.63, 3.8) is 0 Å². The molecule has 1 heterocycles. The summed E-state index contributed by atoms with van der Waals surface area (Å²) in [7, 11) is -3.62. The first-order valence-electron chi connectivity index (χ1n) is 8.30. The molecule has 0 radical (unpaired) electrons. The second kappa shape index (κ2) is 7.29. The Hall–Kier alpha value is -2.67. The Kier molecular flexibility index (Phi) is 5.08. The van der Waals surface area contributed by atoms with Gasteiger partial charge in [-0.25, -0.2) is 13.1 Å². The molecule has 0 aliphatic carbocycles. The quantitative estimate of drug-likeness (QED) is 0.890. The van der Waals surface area contributed by atoms with Crippen molar-refractivity contribution in [3.05, 3.63) is 71.3 Å². The zero-order chi connectivity index (χ0) is 18.7. The maximum absolute atomic E-state index is 12.7. The minimum Gasteiger partial charge on any atom is -0.338 e. The van der Waals surface area contributed by atoms with Gasteiger partial charge >= 0.3 is 0 Å². The number of rotatable bonds is 4. The molecule has 1 aliphatic rings. The molecular formula is C19H20N2O4S. The monoisotopic (exact) mass is 372 g/mol. The van der Waals surface area contributed by atoms with Crippen molar-refractivity contribution in [2.45, 2.75) is 12.3 Å². The highest BCUT2D eigenvalue weighted by Gasteiger charge is 2.27. The number of carbonyl (C=O) groups is 2. The van der Waals surface area contributed by atoms with Crippen LogP contribution in [0, 0.1) is 0 Å². The highest BCUT2D eigenvalue weighted by molar-refractivity contribution is 7.89. The topological polar surface area (TPSA) is 83.5 Å². The van der Waals surface area contributed by atoms with Crippen LogP contribution in [0.2, 0.25) is 0 Å². The fourth-order valence-electron chi connectivity index (χ4n) is 3.12. The molecule has 0 bridgehead atoms. The van der Waals surface area contributed by atoms with E-state index in [0.29, 0.717) is 24.6 Å². The van der Waals surface area contributed by atoms with Gasteiger partial charge in [0.2, 0.25) is 10.0 Å². The van der Waals surface area contributed by atoms with E-state index in [2.05, 4.69) is 12.1 Å². The van der Waals surface area contributed by atoms with E-state index in [9.17, 15) is 18.0 Å². The first-order chi connectivity index (χ1) is 12.3. The van der Waals surface area contributed by atoms with Crippen molar-refractivity contribution in [1.29, 1.82) is 0 Å². The van der Waals surface area contributed by atoms with Crippen molar-refractivity contribution in [1.82, 2.24) is 9.62 Å². The molecule has 136 valence electrons. The summed E-state index contributed by atoms with van der Waals surface area (Å²) in [5, 5.41) is 0. The van der Waals surface area contributed by atoms with Gasteiger partial charge in [0.25, 0.3) is 11.8 Å². The van der Waals surface area contributed by atoms with E-state index in [4.69, 9.17) is 0 Å². The van der Waals surface area contributed by atoms with E-state index in [1.165, 1.54) is 17.7 Å². The summed E-state index contributed by atoms with van der Waals surface area (Å²) in [6, 6.07) is 16.1. The molecule has 1 aliphatic heterocycles. The molecular weight excluding hydrogens is 352 g/mol. The molecule has 1 unspecified atom stereocenters. The van der Waals surface area contributed by atoms with Crippen LogP contribution in [-0.4, -0.2) is 44.5 Å². The zero-order valence-electron chi connectivity index (χ0n) is 14.4. The molecule has 26 heavy (non-hydrogen) atoms. The Morgan fingerprint density at radius 1 is 1.00 bits per heavy atom. The van der Waals surface area contributed by atoms with Crippen LogP contribution in [0.3, 0.4) is 0 Å². The molecule has 0 aromatic heterocycles. The molecule has 1 saturated heterocycles. The highest BCUT2D eigenvalue weighted by atomic mass is 32.2. The number of nitrogens with zero attached hydrogens (tertiary/aromatic N) is 1. The normalized spacial score (nSPS) is 17.1. The Balaban J connectivity index is 1.66. The molecule has 3 rings (SSSR count). The first kappa shape index (κ1) is 18.1. The van der Waals surface area contributed by atoms with E-state index < -0.39 is 15.9 Å². The fraction of sp³-hybridized carbons (Fsp3) is 0.263. The van der Waals surface area contributed by atoms with E-state index >= 15 is 0 Å². The molecule has 2 amide bonds. The summed E-state index contributed by atoms with van der Waals surface area (Å²) in [6.07, 6.45) is 1.84. The lowest BCUT2D eigenvalue weighted by atomic mass is 9.99. The van der Waals surface area contributed by atoms with Gasteiger partial charge in [-0.05, 0) is 36.2 Å². The number of amides is 2. The van der Waals surface area contributed by atoms with E-state index in [1.54, 1.807) is 12.1 Å². The fourth-order valence-corrected chi connectivity index (χ4v) is 3.57. The standard InChI is InChI=1S/C19H20N2O4S/c1-26(24,25)20-18(22)15-7-9-16(10-8-15)19(23)21-12-11-17(13-21)14-5-3-2-4-6-14/h2-10,17H,11-13H2,1H3,(H,20,22). The van der Waals surface area contributed by atoms with Crippen molar-refractivity contribution >= 4 is 21.8 Å². The summed E-state index contributed by atoms with van der Waals surface area (Å²) in [5.41, 5.74) is 1.90. The molecule has 2 aromatic carbocycles. The average molecular weight is 372 g/mol. The number of carbonyl (C=O) groups excluding carboxylic acids is 2. The molecule has 0 saturated carbocycles. The minimum absolute atomic E-state index is 0.0847. The van der Waals surface area contributed by atoms with Crippen LogP contribution in [0.1, 0.15) is 38.6 Å². The van der Waals surface area contributed by atoms with E-state index in [-0.39, 0.29) is 11.5 Å². The summed E-state index contributed by atoms with van der Waals surface area (Å²) < 4.78 is 24.1. The second-order valence-corrected chi connectivity index (χ2v) is 8.18. The minimum atomic E-state index is -3.62. The summed E-state index contributed by atoms with van der Waals surface area (Å²) in [6.45, 7) is 1.36. The molecule has 6 nitrogen and oxygen atoms in total. The van der Waals surface area contributed by atoms with Crippen LogP contribution in [0.25, 0.3) is 0 Å². The molecule has 0 spiro atoms. The van der Waals surface area contributed by atoms with Crippen molar-refractivity contribution < 1.29 is 18.0 Å². The first-order valence-corrected chi connectivity index (χ1v) is 10.2. The third-order valence-electron chi connectivity index (χ3n) is 4.42. The van der Waals surface area contributed by atoms with Gasteiger partial charge in [-0.2, -0.15) is 0 Å². The number of sulfonamides is 1. The average Bonchev–Trinajstić information content (AvgIpc) is 3.11. The smallest absolute Gasteiger partial charge is 0.264 e. The SMILES string of the molecule is CS(=O)(=O)NC(=O)c1ccc(C(=O)N2CCC(c3ccccc3)C2)cc1. The molecule has 1 fully saturated rings. The van der Waals surface area contributed by atoms with Crippen LogP contribution in [0.5, 0.6) is 0 Å². The number of benzene rings is 2. The van der Waals surface area contributed by atoms with Crippen molar-refractivity contribution in [2.75, 3.05) is 19.3 Å². The number of hydrogen-bond donors (Lipinski definition) is 1.